The average molecular weight is 386 g/mol. The highest BCUT2D eigenvalue weighted by atomic mass is 19.1. The topological polar surface area (TPSA) is 88.1 Å². The van der Waals surface area contributed by atoms with Gasteiger partial charge in [-0.2, -0.15) is 0 Å². The Kier molecular flexibility index (Phi) is 4.08. The van der Waals surface area contributed by atoms with Gasteiger partial charge in [0.05, 0.1) is 18.7 Å². The standard InChI is InChI=1S/C17H17F3N2O5/c18-9-4-11(19)14(12(20)5-9)27-10-1-8(2-10)3-13-17(6-22(13)16(24)25)7-26-15(23)21-17/h4-5,8,10,13H,1-3,6-7H2,(H,21,23)(H,24,25)/t8-,10-,13?,17?. The molecule has 2 unspecified atom stereocenters. The van der Waals surface area contributed by atoms with E-state index in [0.29, 0.717) is 31.4 Å². The second-order valence-corrected chi connectivity index (χ2v) is 7.30. The van der Waals surface area contributed by atoms with E-state index in [4.69, 9.17) is 9.47 Å². The zero-order valence-electron chi connectivity index (χ0n) is 14.1. The van der Waals surface area contributed by atoms with Crippen molar-refractivity contribution < 1.29 is 37.3 Å². The van der Waals surface area contributed by atoms with Crippen molar-refractivity contribution >= 4 is 12.2 Å². The fourth-order valence-corrected chi connectivity index (χ4v) is 4.08. The van der Waals surface area contributed by atoms with Gasteiger partial charge in [-0.25, -0.2) is 22.8 Å². The third-order valence-electron chi connectivity index (χ3n) is 5.52. The highest BCUT2D eigenvalue weighted by Crippen LogP contribution is 2.43. The van der Waals surface area contributed by atoms with Gasteiger partial charge in [-0.15, -0.1) is 0 Å². The molecule has 1 aliphatic carbocycles. The highest BCUT2D eigenvalue weighted by molar-refractivity contribution is 5.74. The first-order valence-electron chi connectivity index (χ1n) is 8.53. The normalized spacial score (nSPS) is 31.7. The van der Waals surface area contributed by atoms with E-state index in [9.17, 15) is 27.9 Å². The fourth-order valence-electron chi connectivity index (χ4n) is 4.08. The van der Waals surface area contributed by atoms with Crippen LogP contribution in [0.2, 0.25) is 0 Å². The predicted octanol–water partition coefficient (Wildman–Crippen LogP) is 2.49. The maximum Gasteiger partial charge on any atom is 0.407 e. The third kappa shape index (κ3) is 3.02. The number of benzene rings is 1. The summed E-state index contributed by atoms with van der Waals surface area (Å²) in [5, 5.41) is 12.0. The lowest BCUT2D eigenvalue weighted by atomic mass is 9.70. The molecule has 0 aromatic heterocycles. The van der Waals surface area contributed by atoms with Crippen molar-refractivity contribution in [1.29, 1.82) is 0 Å². The summed E-state index contributed by atoms with van der Waals surface area (Å²) in [6.07, 6.45) is -0.648. The number of carbonyl (C=O) groups is 2. The number of nitrogens with zero attached hydrogens (tertiary/aromatic N) is 1. The summed E-state index contributed by atoms with van der Waals surface area (Å²) in [5.41, 5.74) is -0.712. The van der Waals surface area contributed by atoms with E-state index in [1.807, 2.05) is 0 Å². The van der Waals surface area contributed by atoms with Crippen LogP contribution in [-0.4, -0.2) is 53.0 Å². The van der Waals surface area contributed by atoms with Crippen LogP contribution < -0.4 is 10.1 Å². The number of halogens is 3. The molecule has 27 heavy (non-hydrogen) atoms. The summed E-state index contributed by atoms with van der Waals surface area (Å²) >= 11 is 0. The Bertz CT molecular complexity index is 778. The molecule has 2 aliphatic heterocycles. The van der Waals surface area contributed by atoms with Crippen molar-refractivity contribution in [3.63, 3.8) is 0 Å². The van der Waals surface area contributed by atoms with E-state index in [0.717, 1.165) is 0 Å². The Morgan fingerprint density at radius 1 is 1.33 bits per heavy atom. The molecular formula is C17H17F3N2O5. The lowest BCUT2D eigenvalue weighted by molar-refractivity contribution is -0.0440. The van der Waals surface area contributed by atoms with Crippen molar-refractivity contribution in [1.82, 2.24) is 10.2 Å². The number of alkyl carbamates (subject to hydrolysis) is 1. The van der Waals surface area contributed by atoms with Gasteiger partial charge in [0, 0.05) is 12.1 Å². The van der Waals surface area contributed by atoms with Crippen LogP contribution in [0.5, 0.6) is 5.75 Å². The molecule has 0 bridgehead atoms. The molecule has 0 radical (unpaired) electrons. The van der Waals surface area contributed by atoms with Crippen LogP contribution in [0.1, 0.15) is 19.3 Å². The molecule has 4 rings (SSSR count). The zero-order chi connectivity index (χ0) is 19.3. The van der Waals surface area contributed by atoms with Crippen LogP contribution in [0.15, 0.2) is 12.1 Å². The minimum absolute atomic E-state index is 0.0723. The van der Waals surface area contributed by atoms with Gasteiger partial charge in [-0.3, -0.25) is 0 Å². The Labute approximate surface area is 152 Å². The largest absolute Gasteiger partial charge is 0.484 e. The maximum atomic E-state index is 13.6. The molecule has 146 valence electrons. The van der Waals surface area contributed by atoms with E-state index in [-0.39, 0.29) is 19.1 Å². The Morgan fingerprint density at radius 2 is 2.00 bits per heavy atom. The monoisotopic (exact) mass is 386 g/mol. The van der Waals surface area contributed by atoms with E-state index in [1.54, 1.807) is 0 Å². The van der Waals surface area contributed by atoms with Gasteiger partial charge in [0.2, 0.25) is 0 Å². The lowest BCUT2D eigenvalue weighted by Crippen LogP contribution is -2.76. The number of carbonyl (C=O) groups excluding carboxylic acids is 1. The molecule has 3 aliphatic rings. The average Bonchev–Trinajstić information content (AvgIpc) is 2.93. The maximum absolute atomic E-state index is 13.6. The Balaban J connectivity index is 1.36. The summed E-state index contributed by atoms with van der Waals surface area (Å²) in [7, 11) is 0. The van der Waals surface area contributed by atoms with Crippen molar-refractivity contribution in [2.24, 2.45) is 5.92 Å². The van der Waals surface area contributed by atoms with Gasteiger partial charge >= 0.3 is 12.2 Å². The van der Waals surface area contributed by atoms with Crippen molar-refractivity contribution in [2.75, 3.05) is 13.2 Å². The Hall–Kier alpha value is -2.65. The van der Waals surface area contributed by atoms with Crippen LogP contribution >= 0.6 is 0 Å². The van der Waals surface area contributed by atoms with Gasteiger partial charge in [-0.1, -0.05) is 0 Å². The molecule has 1 saturated carbocycles. The molecule has 3 fully saturated rings. The van der Waals surface area contributed by atoms with Gasteiger partial charge in [-0.05, 0) is 25.2 Å². The fraction of sp³-hybridized carbons (Fsp3) is 0.529. The first-order chi connectivity index (χ1) is 12.8. The lowest BCUT2D eigenvalue weighted by Gasteiger charge is -2.54. The van der Waals surface area contributed by atoms with Crippen LogP contribution in [0.25, 0.3) is 0 Å². The van der Waals surface area contributed by atoms with Crippen LogP contribution in [0.3, 0.4) is 0 Å². The van der Waals surface area contributed by atoms with E-state index in [2.05, 4.69) is 5.32 Å². The van der Waals surface area contributed by atoms with Crippen LogP contribution in [-0.2, 0) is 4.74 Å². The molecular weight excluding hydrogens is 369 g/mol. The third-order valence-corrected chi connectivity index (χ3v) is 5.52. The molecule has 2 heterocycles. The molecule has 2 N–H and O–H groups in total. The SMILES string of the molecule is O=C1NC2(CO1)CN(C(=O)O)C2C[C@H]1C[C@H](Oc2c(F)cc(F)cc2F)C1. The number of amides is 2. The molecule has 7 nitrogen and oxygen atoms in total. The minimum atomic E-state index is -1.10. The number of hydrogen-bond acceptors (Lipinski definition) is 4. The van der Waals surface area contributed by atoms with Crippen LogP contribution in [0.4, 0.5) is 22.8 Å². The first-order valence-corrected chi connectivity index (χ1v) is 8.53. The zero-order valence-corrected chi connectivity index (χ0v) is 14.1. The quantitative estimate of drug-likeness (QED) is 0.830. The molecule has 10 heteroatoms. The predicted molar refractivity (Wildman–Crippen MR) is 83.8 cm³/mol. The van der Waals surface area contributed by atoms with E-state index < -0.39 is 53.1 Å². The van der Waals surface area contributed by atoms with Gasteiger partial charge in [0.1, 0.15) is 18.0 Å². The van der Waals surface area contributed by atoms with E-state index in [1.165, 1.54) is 4.90 Å². The number of carboxylic acid groups (broad SMARTS) is 1. The number of hydrogen-bond donors (Lipinski definition) is 2. The Morgan fingerprint density at radius 3 is 2.56 bits per heavy atom. The number of ether oxygens (including phenoxy) is 2. The minimum Gasteiger partial charge on any atom is -0.484 e. The summed E-state index contributed by atoms with van der Waals surface area (Å²) in [4.78, 5) is 24.0. The molecule has 2 atom stereocenters. The summed E-state index contributed by atoms with van der Waals surface area (Å²) < 4.78 is 50.5. The number of nitrogens with one attached hydrogen (secondary N) is 1. The number of likely N-dealkylation sites (tertiary alicyclic amines) is 1. The second-order valence-electron chi connectivity index (χ2n) is 7.30. The number of cyclic esters (lactones) is 1. The molecule has 2 saturated heterocycles. The van der Waals surface area contributed by atoms with Gasteiger partial charge in [0.25, 0.3) is 0 Å². The van der Waals surface area contributed by atoms with Crippen molar-refractivity contribution in [2.45, 2.75) is 36.9 Å². The highest BCUT2D eigenvalue weighted by Gasteiger charge is 2.60. The molecule has 2 amide bonds. The van der Waals surface area contributed by atoms with Crippen LogP contribution in [0, 0.1) is 23.4 Å². The molecule has 1 aromatic rings. The van der Waals surface area contributed by atoms with Gasteiger partial charge in [0.15, 0.2) is 17.4 Å². The van der Waals surface area contributed by atoms with Crippen molar-refractivity contribution in [3.8, 4) is 5.75 Å². The smallest absolute Gasteiger partial charge is 0.407 e. The number of rotatable bonds is 4. The van der Waals surface area contributed by atoms with Crippen molar-refractivity contribution in [3.05, 3.63) is 29.6 Å². The van der Waals surface area contributed by atoms with Gasteiger partial charge < -0.3 is 24.8 Å². The summed E-state index contributed by atoms with van der Waals surface area (Å²) in [5.74, 6) is -3.76. The summed E-state index contributed by atoms with van der Waals surface area (Å²) in [6.45, 7) is 0.274. The second kappa shape index (κ2) is 6.21. The first kappa shape index (κ1) is 17.7. The molecule has 1 aromatic carbocycles. The van der Waals surface area contributed by atoms with E-state index >= 15 is 0 Å². The summed E-state index contributed by atoms with van der Waals surface area (Å²) in [6, 6.07) is 0.687. The molecule has 1 spiro atoms.